The van der Waals surface area contributed by atoms with E-state index in [1.165, 1.54) is 20.5 Å². The van der Waals surface area contributed by atoms with Gasteiger partial charge in [0.15, 0.2) is 0 Å². The molecule has 0 N–H and O–H groups in total. The molecular weight excluding hydrogens is 356 g/mol. The maximum atomic E-state index is 4.85. The normalized spacial score (nSPS) is 11.4. The van der Waals surface area contributed by atoms with Gasteiger partial charge in [-0.15, -0.1) is 22.7 Å². The molecule has 0 aliphatic rings. The first-order valence-corrected chi connectivity index (χ1v) is 10.2. The van der Waals surface area contributed by atoms with Crippen molar-refractivity contribution < 1.29 is 0 Å². The molecule has 126 valence electrons. The summed E-state index contributed by atoms with van der Waals surface area (Å²) in [5.41, 5.74) is 4.78. The van der Waals surface area contributed by atoms with Crippen LogP contribution >= 0.6 is 22.7 Å². The Morgan fingerprint density at radius 1 is 0.577 bits per heavy atom. The highest BCUT2D eigenvalue weighted by Crippen LogP contribution is 2.32. The van der Waals surface area contributed by atoms with Crippen molar-refractivity contribution >= 4 is 43.1 Å². The summed E-state index contributed by atoms with van der Waals surface area (Å²) in [7, 11) is 0. The Kier molecular flexibility index (Phi) is 4.00. The molecule has 0 aliphatic carbocycles. The first-order chi connectivity index (χ1) is 12.8. The molecule has 2 nitrogen and oxygen atoms in total. The van der Waals surface area contributed by atoms with Crippen molar-refractivity contribution in [3.8, 4) is 0 Å². The lowest BCUT2D eigenvalue weighted by molar-refractivity contribution is 1.15. The van der Waals surface area contributed by atoms with Gasteiger partial charge in [0.1, 0.15) is 0 Å². The van der Waals surface area contributed by atoms with Gasteiger partial charge in [0, 0.05) is 12.8 Å². The smallest absolute Gasteiger partial charge is 0.0982 e. The van der Waals surface area contributed by atoms with Crippen molar-refractivity contribution in [2.24, 2.45) is 0 Å². The van der Waals surface area contributed by atoms with Crippen LogP contribution < -0.4 is 0 Å². The van der Waals surface area contributed by atoms with Crippen LogP contribution in [0.1, 0.15) is 21.1 Å². The second kappa shape index (κ2) is 6.63. The van der Waals surface area contributed by atoms with Crippen LogP contribution in [-0.4, -0.2) is 9.97 Å². The number of fused-ring (bicyclic) bond motifs is 2. The van der Waals surface area contributed by atoms with Gasteiger partial charge < -0.3 is 0 Å². The zero-order valence-electron chi connectivity index (χ0n) is 14.1. The van der Waals surface area contributed by atoms with Gasteiger partial charge >= 0.3 is 0 Å². The number of benzene rings is 3. The summed E-state index contributed by atoms with van der Waals surface area (Å²) < 4.78 is 2.44. The highest BCUT2D eigenvalue weighted by molar-refractivity contribution is 7.20. The van der Waals surface area contributed by atoms with Crippen molar-refractivity contribution in [3.63, 3.8) is 0 Å². The molecular formula is C22H16N2S2. The summed E-state index contributed by atoms with van der Waals surface area (Å²) >= 11 is 3.55. The second-order valence-electron chi connectivity index (χ2n) is 6.33. The Balaban J connectivity index is 1.46. The summed E-state index contributed by atoms with van der Waals surface area (Å²) in [6.07, 6.45) is 1.78. The molecule has 5 aromatic rings. The number of rotatable bonds is 4. The molecule has 0 radical (unpaired) electrons. The van der Waals surface area contributed by atoms with Crippen LogP contribution in [0, 0.1) is 0 Å². The van der Waals surface area contributed by atoms with E-state index in [0.717, 1.165) is 33.9 Å². The molecule has 0 unspecified atom stereocenters. The number of thiazole rings is 2. The van der Waals surface area contributed by atoms with Crippen molar-refractivity contribution in [1.82, 2.24) is 9.97 Å². The van der Waals surface area contributed by atoms with Crippen LogP contribution in [0.5, 0.6) is 0 Å². The number of aromatic nitrogens is 2. The fraction of sp³-hybridized carbons (Fsp3) is 0.0909. The molecule has 4 heteroatoms. The van der Waals surface area contributed by atoms with E-state index in [-0.39, 0.29) is 0 Å². The number of hydrogen-bond donors (Lipinski definition) is 0. The summed E-state index contributed by atoms with van der Waals surface area (Å²) in [5, 5.41) is 2.32. The SMILES string of the molecule is c1ccc(Cc2nc3cc4sc(Cc5ccccc5)nc4cc3s2)cc1. The summed E-state index contributed by atoms with van der Waals surface area (Å²) in [4.78, 5) is 9.70. The molecule has 2 aromatic heterocycles. The van der Waals surface area contributed by atoms with Crippen LogP contribution in [0.15, 0.2) is 72.8 Å². The van der Waals surface area contributed by atoms with Gasteiger partial charge in [-0.2, -0.15) is 0 Å². The van der Waals surface area contributed by atoms with Crippen LogP contribution in [-0.2, 0) is 12.8 Å². The monoisotopic (exact) mass is 372 g/mol. The Bertz CT molecular complexity index is 1030. The average Bonchev–Trinajstić information content (AvgIpc) is 3.22. The van der Waals surface area contributed by atoms with Crippen LogP contribution in [0.25, 0.3) is 20.4 Å². The molecule has 2 heterocycles. The molecule has 3 aromatic carbocycles. The van der Waals surface area contributed by atoms with Crippen LogP contribution in [0.3, 0.4) is 0 Å². The van der Waals surface area contributed by atoms with Crippen molar-refractivity contribution in [2.75, 3.05) is 0 Å². The highest BCUT2D eigenvalue weighted by Gasteiger charge is 2.10. The van der Waals surface area contributed by atoms with Gasteiger partial charge in [0.25, 0.3) is 0 Å². The summed E-state index contributed by atoms with van der Waals surface area (Å²) in [6.45, 7) is 0. The predicted molar refractivity (Wildman–Crippen MR) is 111 cm³/mol. The lowest BCUT2D eigenvalue weighted by Crippen LogP contribution is -1.85. The van der Waals surface area contributed by atoms with E-state index in [2.05, 4.69) is 72.8 Å². The Labute approximate surface area is 159 Å². The standard InChI is InChI=1S/C22H16N2S2/c1-3-7-15(8-4-1)11-21-23-17-13-20-18(14-19(17)25-21)24-22(26-20)12-16-9-5-2-6-10-16/h1-10,13-14H,11-12H2. The maximum absolute atomic E-state index is 4.85. The Morgan fingerprint density at radius 3 is 1.42 bits per heavy atom. The van der Waals surface area contributed by atoms with Gasteiger partial charge in [0.2, 0.25) is 0 Å². The number of nitrogens with zero attached hydrogens (tertiary/aromatic N) is 2. The molecule has 0 spiro atoms. The van der Waals surface area contributed by atoms with Gasteiger partial charge in [-0.25, -0.2) is 9.97 Å². The van der Waals surface area contributed by atoms with E-state index in [4.69, 9.17) is 9.97 Å². The van der Waals surface area contributed by atoms with Crippen molar-refractivity contribution in [2.45, 2.75) is 12.8 Å². The third kappa shape index (κ3) is 3.14. The maximum Gasteiger partial charge on any atom is 0.0982 e. The summed E-state index contributed by atoms with van der Waals surface area (Å²) in [6, 6.07) is 25.4. The first kappa shape index (κ1) is 15.7. The third-order valence-corrected chi connectivity index (χ3v) is 6.42. The predicted octanol–water partition coefficient (Wildman–Crippen LogP) is 6.09. The highest BCUT2D eigenvalue weighted by atomic mass is 32.1. The average molecular weight is 373 g/mol. The van der Waals surface area contributed by atoms with Gasteiger partial charge in [0.05, 0.1) is 30.4 Å². The Morgan fingerprint density at radius 2 is 1.00 bits per heavy atom. The van der Waals surface area contributed by atoms with Crippen LogP contribution in [0.2, 0.25) is 0 Å². The topological polar surface area (TPSA) is 25.8 Å². The minimum absolute atomic E-state index is 0.889. The molecule has 0 amide bonds. The fourth-order valence-electron chi connectivity index (χ4n) is 3.14. The quantitative estimate of drug-likeness (QED) is 0.382. The summed E-state index contributed by atoms with van der Waals surface area (Å²) in [5.74, 6) is 0. The lowest BCUT2D eigenvalue weighted by Gasteiger charge is -1.95. The molecule has 5 rings (SSSR count). The minimum Gasteiger partial charge on any atom is -0.241 e. The van der Waals surface area contributed by atoms with Gasteiger partial charge in [-0.3, -0.25) is 0 Å². The van der Waals surface area contributed by atoms with Crippen molar-refractivity contribution in [1.29, 1.82) is 0 Å². The van der Waals surface area contributed by atoms with Gasteiger partial charge in [-0.05, 0) is 23.3 Å². The van der Waals surface area contributed by atoms with E-state index in [1.807, 2.05) is 0 Å². The lowest BCUT2D eigenvalue weighted by atomic mass is 10.2. The largest absolute Gasteiger partial charge is 0.241 e. The van der Waals surface area contributed by atoms with Gasteiger partial charge in [-0.1, -0.05) is 60.7 Å². The fourth-order valence-corrected chi connectivity index (χ4v) is 5.17. The number of hydrogen-bond acceptors (Lipinski definition) is 4. The van der Waals surface area contributed by atoms with E-state index < -0.39 is 0 Å². The molecule has 0 saturated heterocycles. The molecule has 0 saturated carbocycles. The third-order valence-electron chi connectivity index (χ3n) is 4.38. The zero-order valence-corrected chi connectivity index (χ0v) is 15.7. The second-order valence-corrected chi connectivity index (χ2v) is 8.56. The van der Waals surface area contributed by atoms with E-state index in [9.17, 15) is 0 Å². The Hall–Kier alpha value is -2.56. The van der Waals surface area contributed by atoms with Crippen molar-refractivity contribution in [3.05, 3.63) is 93.9 Å². The zero-order chi connectivity index (χ0) is 17.3. The van der Waals surface area contributed by atoms with E-state index >= 15 is 0 Å². The minimum atomic E-state index is 0.889. The van der Waals surface area contributed by atoms with Crippen LogP contribution in [0.4, 0.5) is 0 Å². The van der Waals surface area contributed by atoms with E-state index in [0.29, 0.717) is 0 Å². The molecule has 0 fully saturated rings. The molecule has 0 bridgehead atoms. The molecule has 26 heavy (non-hydrogen) atoms. The molecule has 0 atom stereocenters. The van der Waals surface area contributed by atoms with E-state index in [1.54, 1.807) is 22.7 Å². The first-order valence-electron chi connectivity index (χ1n) is 8.60. The molecule has 0 aliphatic heterocycles.